The van der Waals surface area contributed by atoms with Crippen LogP contribution >= 0.6 is 0 Å². The minimum atomic E-state index is 0.0237. The largest absolute Gasteiger partial charge is 0.282 e. The summed E-state index contributed by atoms with van der Waals surface area (Å²) >= 11 is 0. The second-order valence-electron chi connectivity index (χ2n) is 5.36. The van der Waals surface area contributed by atoms with Gasteiger partial charge in [0.15, 0.2) is 0 Å². The van der Waals surface area contributed by atoms with Crippen LogP contribution in [0, 0.1) is 6.92 Å². The summed E-state index contributed by atoms with van der Waals surface area (Å²) in [7, 11) is 0. The third kappa shape index (κ3) is 1.61. The third-order valence-electron chi connectivity index (χ3n) is 3.91. The average Bonchev–Trinajstić information content (AvgIpc) is 3.21. The van der Waals surface area contributed by atoms with E-state index in [1.165, 1.54) is 12.8 Å². The summed E-state index contributed by atoms with van der Waals surface area (Å²) < 4.78 is 3.42. The summed E-state index contributed by atoms with van der Waals surface area (Å²) in [6.45, 7) is 1.87. The lowest BCUT2D eigenvalue weighted by molar-refractivity contribution is 0.775. The van der Waals surface area contributed by atoms with Crippen LogP contribution in [0.15, 0.2) is 47.4 Å². The van der Waals surface area contributed by atoms with Crippen LogP contribution < -0.4 is 5.56 Å². The number of aromatic nitrogens is 3. The number of hydrogen-bond donors (Lipinski definition) is 0. The average molecular weight is 265 g/mol. The second-order valence-corrected chi connectivity index (χ2v) is 5.36. The van der Waals surface area contributed by atoms with Crippen molar-refractivity contribution >= 4 is 5.52 Å². The van der Waals surface area contributed by atoms with Gasteiger partial charge in [0.2, 0.25) is 0 Å². The van der Waals surface area contributed by atoms with Crippen LogP contribution in [0.5, 0.6) is 0 Å². The zero-order valence-electron chi connectivity index (χ0n) is 11.3. The van der Waals surface area contributed by atoms with Gasteiger partial charge < -0.3 is 0 Å². The lowest BCUT2D eigenvalue weighted by Gasteiger charge is -2.10. The van der Waals surface area contributed by atoms with Crippen molar-refractivity contribution in [3.05, 3.63) is 64.3 Å². The molecule has 100 valence electrons. The predicted octanol–water partition coefficient (Wildman–Crippen LogP) is 2.67. The molecular weight excluding hydrogens is 250 g/mol. The summed E-state index contributed by atoms with van der Waals surface area (Å²) in [5, 5.41) is 4.52. The molecule has 1 saturated carbocycles. The normalized spacial score (nSPS) is 14.8. The van der Waals surface area contributed by atoms with Gasteiger partial charge in [0.1, 0.15) is 11.3 Å². The van der Waals surface area contributed by atoms with Crippen LogP contribution in [0.4, 0.5) is 0 Å². The number of fused-ring (bicyclic) bond motifs is 1. The van der Waals surface area contributed by atoms with E-state index >= 15 is 0 Å². The first-order chi connectivity index (χ1) is 9.75. The van der Waals surface area contributed by atoms with E-state index in [4.69, 9.17) is 0 Å². The zero-order valence-corrected chi connectivity index (χ0v) is 11.3. The molecule has 20 heavy (non-hydrogen) atoms. The molecule has 0 N–H and O–H groups in total. The molecule has 1 fully saturated rings. The number of aryl methyl sites for hydroxylation is 1. The minimum Gasteiger partial charge on any atom is -0.266 e. The summed E-state index contributed by atoms with van der Waals surface area (Å²) in [6.07, 6.45) is 4.25. The van der Waals surface area contributed by atoms with Crippen LogP contribution in [0.1, 0.15) is 30.1 Å². The maximum atomic E-state index is 12.9. The fourth-order valence-corrected chi connectivity index (χ4v) is 2.80. The number of nitrogens with zero attached hydrogens (tertiary/aromatic N) is 3. The fourth-order valence-electron chi connectivity index (χ4n) is 2.80. The molecular formula is C16H15N3O. The van der Waals surface area contributed by atoms with Crippen LogP contribution in [0.3, 0.4) is 0 Å². The molecule has 4 rings (SSSR count). The van der Waals surface area contributed by atoms with Crippen molar-refractivity contribution < 1.29 is 0 Å². The van der Waals surface area contributed by atoms with Gasteiger partial charge in [0.25, 0.3) is 5.56 Å². The van der Waals surface area contributed by atoms with Crippen molar-refractivity contribution in [2.45, 2.75) is 25.7 Å². The van der Waals surface area contributed by atoms with Crippen molar-refractivity contribution in [2.75, 3.05) is 0 Å². The molecule has 1 aromatic carbocycles. The van der Waals surface area contributed by atoms with E-state index < -0.39 is 0 Å². The summed E-state index contributed by atoms with van der Waals surface area (Å²) in [5.41, 5.74) is 2.76. The highest BCUT2D eigenvalue weighted by atomic mass is 16.1. The van der Waals surface area contributed by atoms with Crippen LogP contribution in [0.2, 0.25) is 0 Å². The fraction of sp³-hybridized carbons (Fsp3) is 0.250. The Labute approximate surface area is 116 Å². The highest BCUT2D eigenvalue weighted by molar-refractivity contribution is 5.57. The topological polar surface area (TPSA) is 39.3 Å². The summed E-state index contributed by atoms with van der Waals surface area (Å²) in [5.74, 6) is 1.24. The number of rotatable bonds is 2. The number of benzene rings is 1. The standard InChI is InChI=1S/C16H15N3O/c1-11-17-18-10-9-14(12-7-8-12)15(18)16(20)19(11)13-5-3-2-4-6-13/h2-6,9-10,12H,7-8H2,1H3. The van der Waals surface area contributed by atoms with Crippen molar-refractivity contribution in [1.29, 1.82) is 0 Å². The third-order valence-corrected chi connectivity index (χ3v) is 3.91. The second kappa shape index (κ2) is 4.07. The molecule has 4 nitrogen and oxygen atoms in total. The molecule has 0 spiro atoms. The van der Waals surface area contributed by atoms with Crippen LogP contribution in [-0.2, 0) is 0 Å². The number of hydrogen-bond acceptors (Lipinski definition) is 2. The molecule has 3 aromatic rings. The molecule has 0 amide bonds. The van der Waals surface area contributed by atoms with E-state index in [2.05, 4.69) is 5.10 Å². The van der Waals surface area contributed by atoms with Crippen molar-refractivity contribution in [3.63, 3.8) is 0 Å². The van der Waals surface area contributed by atoms with Crippen LogP contribution in [0.25, 0.3) is 11.2 Å². The minimum absolute atomic E-state index is 0.0237. The Balaban J connectivity index is 2.06. The Kier molecular flexibility index (Phi) is 2.33. The van der Waals surface area contributed by atoms with E-state index in [0.29, 0.717) is 11.7 Å². The molecule has 0 saturated heterocycles. The van der Waals surface area contributed by atoms with Gasteiger partial charge in [-0.25, -0.2) is 4.52 Å². The van der Waals surface area contributed by atoms with Gasteiger partial charge in [-0.15, -0.1) is 0 Å². The highest BCUT2D eigenvalue weighted by Crippen LogP contribution is 2.41. The maximum Gasteiger partial charge on any atom is 0.282 e. The monoisotopic (exact) mass is 265 g/mol. The first-order valence-corrected chi connectivity index (χ1v) is 6.92. The van der Waals surface area contributed by atoms with Gasteiger partial charge >= 0.3 is 0 Å². The summed E-state index contributed by atoms with van der Waals surface area (Å²) in [4.78, 5) is 12.9. The van der Waals surface area contributed by atoms with Gasteiger partial charge in [0.05, 0.1) is 5.69 Å². The van der Waals surface area contributed by atoms with Crippen molar-refractivity contribution in [3.8, 4) is 5.69 Å². The van der Waals surface area contributed by atoms with E-state index in [1.807, 2.05) is 49.5 Å². The van der Waals surface area contributed by atoms with Gasteiger partial charge in [-0.3, -0.25) is 9.36 Å². The predicted molar refractivity (Wildman–Crippen MR) is 77.5 cm³/mol. The van der Waals surface area contributed by atoms with Gasteiger partial charge in [-0.05, 0) is 49.4 Å². The molecule has 0 unspecified atom stereocenters. The Hall–Kier alpha value is -2.36. The Morgan fingerprint density at radius 3 is 2.60 bits per heavy atom. The first kappa shape index (κ1) is 11.5. The number of para-hydroxylation sites is 1. The van der Waals surface area contributed by atoms with Gasteiger partial charge in [0, 0.05) is 6.20 Å². The molecule has 2 heterocycles. The molecule has 0 atom stereocenters. The lowest BCUT2D eigenvalue weighted by Crippen LogP contribution is -2.25. The maximum absolute atomic E-state index is 12.9. The SMILES string of the molecule is Cc1nn2ccc(C3CC3)c2c(=O)n1-c1ccccc1. The molecule has 0 radical (unpaired) electrons. The summed E-state index contributed by atoms with van der Waals surface area (Å²) in [6, 6.07) is 11.7. The molecule has 0 bridgehead atoms. The van der Waals surface area contributed by atoms with Gasteiger partial charge in [-0.2, -0.15) is 5.10 Å². The van der Waals surface area contributed by atoms with Crippen molar-refractivity contribution in [2.24, 2.45) is 0 Å². The van der Waals surface area contributed by atoms with E-state index in [9.17, 15) is 4.79 Å². The molecule has 1 aliphatic rings. The first-order valence-electron chi connectivity index (χ1n) is 6.92. The van der Waals surface area contributed by atoms with Crippen molar-refractivity contribution in [1.82, 2.24) is 14.2 Å². The van der Waals surface area contributed by atoms with Gasteiger partial charge in [-0.1, -0.05) is 18.2 Å². The Morgan fingerprint density at radius 1 is 1.15 bits per heavy atom. The molecule has 4 heteroatoms. The molecule has 0 aliphatic heterocycles. The zero-order chi connectivity index (χ0) is 13.7. The lowest BCUT2D eigenvalue weighted by atomic mass is 10.2. The van der Waals surface area contributed by atoms with E-state index in [1.54, 1.807) is 9.08 Å². The quantitative estimate of drug-likeness (QED) is 0.714. The smallest absolute Gasteiger partial charge is 0.266 e. The Bertz CT molecular complexity index is 841. The van der Waals surface area contributed by atoms with E-state index in [0.717, 1.165) is 16.8 Å². The molecule has 2 aromatic heterocycles. The van der Waals surface area contributed by atoms with Crippen LogP contribution in [-0.4, -0.2) is 14.2 Å². The Morgan fingerprint density at radius 2 is 1.90 bits per heavy atom. The van der Waals surface area contributed by atoms with E-state index in [-0.39, 0.29) is 5.56 Å². The molecule has 1 aliphatic carbocycles. The highest BCUT2D eigenvalue weighted by Gasteiger charge is 2.28.